The fourth-order valence-electron chi connectivity index (χ4n) is 1.64. The molecular formula is C13H10BrClN2O2S. The lowest BCUT2D eigenvalue weighted by molar-refractivity contribution is -0.385. The van der Waals surface area contributed by atoms with E-state index in [-0.39, 0.29) is 5.69 Å². The number of halogens is 2. The van der Waals surface area contributed by atoms with Crippen molar-refractivity contribution in [2.75, 3.05) is 5.73 Å². The Morgan fingerprint density at radius 1 is 1.30 bits per heavy atom. The molecule has 4 nitrogen and oxygen atoms in total. The molecule has 0 saturated carbocycles. The van der Waals surface area contributed by atoms with E-state index in [1.165, 1.54) is 17.8 Å². The van der Waals surface area contributed by atoms with E-state index in [0.29, 0.717) is 22.0 Å². The first-order valence-electron chi connectivity index (χ1n) is 5.58. The molecule has 0 atom stereocenters. The van der Waals surface area contributed by atoms with Gasteiger partial charge in [0.1, 0.15) is 0 Å². The third kappa shape index (κ3) is 3.65. The summed E-state index contributed by atoms with van der Waals surface area (Å²) >= 11 is 10.6. The topological polar surface area (TPSA) is 69.2 Å². The minimum atomic E-state index is -0.424. The van der Waals surface area contributed by atoms with Gasteiger partial charge in [-0.1, -0.05) is 27.5 Å². The Morgan fingerprint density at radius 2 is 2.05 bits per heavy atom. The van der Waals surface area contributed by atoms with Crippen molar-refractivity contribution in [3.8, 4) is 0 Å². The quantitative estimate of drug-likeness (QED) is 0.359. The predicted octanol–water partition coefficient (Wildman–Crippen LogP) is 4.89. The molecule has 0 spiro atoms. The van der Waals surface area contributed by atoms with Crippen LogP contribution in [0.4, 0.5) is 11.4 Å². The van der Waals surface area contributed by atoms with Crippen molar-refractivity contribution in [1.29, 1.82) is 0 Å². The molecule has 7 heteroatoms. The lowest BCUT2D eigenvalue weighted by atomic mass is 10.2. The van der Waals surface area contributed by atoms with Crippen molar-refractivity contribution in [3.05, 3.63) is 61.6 Å². The largest absolute Gasteiger partial charge is 0.398 e. The summed E-state index contributed by atoms with van der Waals surface area (Å²) in [6, 6.07) is 10.2. The third-order valence-corrected chi connectivity index (χ3v) is 4.47. The molecule has 2 N–H and O–H groups in total. The molecule has 0 unspecified atom stereocenters. The first-order chi connectivity index (χ1) is 9.47. The zero-order valence-corrected chi connectivity index (χ0v) is 13.3. The van der Waals surface area contributed by atoms with E-state index in [2.05, 4.69) is 15.9 Å². The summed E-state index contributed by atoms with van der Waals surface area (Å²) in [6.45, 7) is 0. The standard InChI is InChI=1S/C13H10BrClN2O2S/c14-9-2-4-13(11(16)5-9)20-7-8-1-3-10(15)6-12(8)17(18)19/h1-6H,7,16H2. The second-order valence-corrected chi connectivity index (χ2v) is 6.37. The molecule has 0 aliphatic rings. The van der Waals surface area contributed by atoms with Crippen LogP contribution in [0.15, 0.2) is 45.8 Å². The van der Waals surface area contributed by atoms with Crippen molar-refractivity contribution >= 4 is 50.7 Å². The van der Waals surface area contributed by atoms with Crippen LogP contribution >= 0.6 is 39.3 Å². The average molecular weight is 374 g/mol. The Morgan fingerprint density at radius 3 is 2.70 bits per heavy atom. The molecule has 104 valence electrons. The van der Waals surface area contributed by atoms with Crippen LogP contribution in [0.3, 0.4) is 0 Å². The predicted molar refractivity (Wildman–Crippen MR) is 86.2 cm³/mol. The summed E-state index contributed by atoms with van der Waals surface area (Å²) in [5.74, 6) is 0.458. The summed E-state index contributed by atoms with van der Waals surface area (Å²) < 4.78 is 0.900. The Labute approximate surface area is 133 Å². The van der Waals surface area contributed by atoms with Crippen LogP contribution < -0.4 is 5.73 Å². The van der Waals surface area contributed by atoms with Gasteiger partial charge in [-0.15, -0.1) is 11.8 Å². The minimum Gasteiger partial charge on any atom is -0.398 e. The Hall–Kier alpha value is -1.24. The van der Waals surface area contributed by atoms with Crippen molar-refractivity contribution in [2.45, 2.75) is 10.6 Å². The number of nitrogens with zero attached hydrogens (tertiary/aromatic N) is 1. The molecule has 0 radical (unpaired) electrons. The molecule has 0 heterocycles. The van der Waals surface area contributed by atoms with Crippen molar-refractivity contribution in [2.24, 2.45) is 0 Å². The van der Waals surface area contributed by atoms with Crippen LogP contribution in [-0.2, 0) is 5.75 Å². The third-order valence-electron chi connectivity index (χ3n) is 2.60. The van der Waals surface area contributed by atoms with E-state index in [4.69, 9.17) is 17.3 Å². The Bertz CT molecular complexity index is 667. The Kier molecular flexibility index (Phi) is 4.91. The highest BCUT2D eigenvalue weighted by atomic mass is 79.9. The summed E-state index contributed by atoms with van der Waals surface area (Å²) in [7, 11) is 0. The fourth-order valence-corrected chi connectivity index (χ4v) is 3.13. The van der Waals surface area contributed by atoms with Gasteiger partial charge in [-0.25, -0.2) is 0 Å². The molecule has 0 bridgehead atoms. The maximum Gasteiger partial charge on any atom is 0.274 e. The Balaban J connectivity index is 2.20. The number of benzene rings is 2. The normalized spacial score (nSPS) is 10.5. The number of anilines is 1. The van der Waals surface area contributed by atoms with E-state index >= 15 is 0 Å². The number of hydrogen-bond donors (Lipinski definition) is 1. The molecule has 0 aliphatic heterocycles. The van der Waals surface area contributed by atoms with Crippen LogP contribution in [-0.4, -0.2) is 4.92 Å². The molecule has 2 aromatic rings. The van der Waals surface area contributed by atoms with Crippen LogP contribution in [0.5, 0.6) is 0 Å². The fraction of sp³-hybridized carbons (Fsp3) is 0.0769. The van der Waals surface area contributed by atoms with Gasteiger partial charge >= 0.3 is 0 Å². The minimum absolute atomic E-state index is 0.0284. The molecule has 2 rings (SSSR count). The zero-order chi connectivity index (χ0) is 14.7. The summed E-state index contributed by atoms with van der Waals surface area (Å²) in [6.07, 6.45) is 0. The SMILES string of the molecule is Nc1cc(Br)ccc1SCc1ccc(Cl)cc1[N+](=O)[O-]. The number of hydrogen-bond acceptors (Lipinski definition) is 4. The smallest absolute Gasteiger partial charge is 0.274 e. The van der Waals surface area contributed by atoms with Gasteiger partial charge in [-0.3, -0.25) is 10.1 Å². The lowest BCUT2D eigenvalue weighted by Gasteiger charge is -2.07. The van der Waals surface area contributed by atoms with E-state index in [1.54, 1.807) is 18.2 Å². The van der Waals surface area contributed by atoms with Crippen LogP contribution in [0.25, 0.3) is 0 Å². The van der Waals surface area contributed by atoms with Gasteiger partial charge in [0, 0.05) is 37.5 Å². The molecule has 0 amide bonds. The van der Waals surface area contributed by atoms with Gasteiger partial charge in [0.05, 0.1) is 4.92 Å². The molecule has 2 aromatic carbocycles. The molecule has 20 heavy (non-hydrogen) atoms. The first-order valence-corrected chi connectivity index (χ1v) is 7.73. The summed E-state index contributed by atoms with van der Waals surface area (Å²) in [4.78, 5) is 11.5. The van der Waals surface area contributed by atoms with Crippen LogP contribution in [0.1, 0.15) is 5.56 Å². The maximum atomic E-state index is 11.0. The van der Waals surface area contributed by atoms with Crippen molar-refractivity contribution in [1.82, 2.24) is 0 Å². The monoisotopic (exact) mass is 372 g/mol. The number of nitro groups is 1. The molecular weight excluding hydrogens is 364 g/mol. The van der Waals surface area contributed by atoms with Crippen LogP contribution in [0, 0.1) is 10.1 Å². The van der Waals surface area contributed by atoms with Gasteiger partial charge in [-0.2, -0.15) is 0 Å². The number of nitro benzene ring substituents is 1. The number of thioether (sulfide) groups is 1. The van der Waals surface area contributed by atoms with E-state index in [1.807, 2.05) is 12.1 Å². The second-order valence-electron chi connectivity index (χ2n) is 4.00. The van der Waals surface area contributed by atoms with Crippen molar-refractivity contribution in [3.63, 3.8) is 0 Å². The maximum absolute atomic E-state index is 11.0. The summed E-state index contributed by atoms with van der Waals surface area (Å²) in [5.41, 5.74) is 7.19. The highest BCUT2D eigenvalue weighted by Crippen LogP contribution is 2.33. The van der Waals surface area contributed by atoms with Crippen molar-refractivity contribution < 1.29 is 4.92 Å². The van der Waals surface area contributed by atoms with E-state index in [9.17, 15) is 10.1 Å². The van der Waals surface area contributed by atoms with Gasteiger partial charge in [-0.05, 0) is 30.3 Å². The molecule has 0 aromatic heterocycles. The number of nitrogens with two attached hydrogens (primary N) is 1. The number of rotatable bonds is 4. The van der Waals surface area contributed by atoms with Gasteiger partial charge in [0.25, 0.3) is 5.69 Å². The molecule has 0 fully saturated rings. The zero-order valence-electron chi connectivity index (χ0n) is 10.2. The summed E-state index contributed by atoms with van der Waals surface area (Å²) in [5, 5.41) is 11.4. The van der Waals surface area contributed by atoms with Gasteiger partial charge in [0.2, 0.25) is 0 Å². The molecule has 0 saturated heterocycles. The lowest BCUT2D eigenvalue weighted by Crippen LogP contribution is -1.95. The first kappa shape index (κ1) is 15.2. The second kappa shape index (κ2) is 6.47. The number of nitrogen functional groups attached to an aromatic ring is 1. The van der Waals surface area contributed by atoms with Gasteiger partial charge in [0.15, 0.2) is 0 Å². The van der Waals surface area contributed by atoms with Gasteiger partial charge < -0.3 is 5.73 Å². The highest BCUT2D eigenvalue weighted by Gasteiger charge is 2.14. The van der Waals surface area contributed by atoms with E-state index in [0.717, 1.165) is 9.37 Å². The highest BCUT2D eigenvalue weighted by molar-refractivity contribution is 9.10. The average Bonchev–Trinajstić information content (AvgIpc) is 2.38. The van der Waals surface area contributed by atoms with E-state index < -0.39 is 4.92 Å². The molecule has 0 aliphatic carbocycles. The van der Waals surface area contributed by atoms with Crippen LogP contribution in [0.2, 0.25) is 5.02 Å².